The molecule has 0 bridgehead atoms. The molecule has 0 aliphatic heterocycles. The third-order valence-corrected chi connectivity index (χ3v) is 2.72. The van der Waals surface area contributed by atoms with E-state index in [0.29, 0.717) is 4.90 Å². The molecule has 0 aromatic heterocycles. The van der Waals surface area contributed by atoms with Crippen LogP contribution < -0.4 is 0 Å². The third-order valence-electron chi connectivity index (χ3n) is 2.72. The molecule has 0 saturated heterocycles. The molecule has 0 heterocycles. The van der Waals surface area contributed by atoms with Crippen molar-refractivity contribution in [2.75, 3.05) is 14.2 Å². The van der Waals surface area contributed by atoms with Gasteiger partial charge in [-0.05, 0) is 41.5 Å². The molecule has 0 unspecified atom stereocenters. The molecule has 0 aliphatic rings. The zero-order valence-corrected chi connectivity index (χ0v) is 16.2. The lowest BCUT2D eigenvalue weighted by atomic mass is 10.1. The molecule has 0 rings (SSSR count). The van der Waals surface area contributed by atoms with E-state index in [4.69, 9.17) is 18.9 Å². The minimum absolute atomic E-state index is 0.554. The van der Waals surface area contributed by atoms with Crippen LogP contribution in [-0.4, -0.2) is 60.6 Å². The Hall–Kier alpha value is -2.09. The van der Waals surface area contributed by atoms with Gasteiger partial charge < -0.3 is 18.9 Å². The first-order chi connectivity index (χ1) is 11.3. The quantitative estimate of drug-likeness (QED) is 0.423. The molecule has 0 spiro atoms. The van der Waals surface area contributed by atoms with Crippen LogP contribution in [0.4, 0.5) is 9.59 Å². The highest BCUT2D eigenvalue weighted by atomic mass is 16.6. The molecule has 8 nitrogen and oxygen atoms in total. The second kappa shape index (κ2) is 8.84. The minimum atomic E-state index is -1.45. The van der Waals surface area contributed by atoms with E-state index >= 15 is 0 Å². The first kappa shape index (κ1) is 22.9. The molecule has 0 fully saturated rings. The first-order valence-corrected chi connectivity index (χ1v) is 7.75. The molecular formula is C17H29NO7. The first-order valence-electron chi connectivity index (χ1n) is 7.75. The molecule has 0 saturated carbocycles. The number of hydrogen-bond acceptors (Lipinski definition) is 7. The number of nitrogens with zero attached hydrogens (tertiary/aromatic N) is 1. The van der Waals surface area contributed by atoms with Crippen molar-refractivity contribution >= 4 is 18.2 Å². The second-order valence-corrected chi connectivity index (χ2v) is 7.23. The summed E-state index contributed by atoms with van der Waals surface area (Å²) in [7, 11) is 2.44. The SMILES string of the molecule is C=C[C@H](OC)[C@H](C(=O)OC)N(C(=O)OC(C)(C)C)C(=O)OC(C)(C)C. The standard InChI is InChI=1S/C17H29NO7/c1-10-11(22-8)12(13(19)23-9)18(14(20)24-16(2,3)4)15(21)25-17(5,6)7/h10-12H,1H2,2-9H3/t11-,12+/m0/s1. The molecule has 0 aromatic carbocycles. The normalized spacial score (nSPS) is 14.1. The van der Waals surface area contributed by atoms with Gasteiger partial charge in [-0.1, -0.05) is 6.08 Å². The molecule has 0 aromatic rings. The Bertz CT molecular complexity index is 474. The smallest absolute Gasteiger partial charge is 0.420 e. The Morgan fingerprint density at radius 2 is 1.32 bits per heavy atom. The highest BCUT2D eigenvalue weighted by Gasteiger charge is 2.44. The number of carbonyl (C=O) groups is 3. The lowest BCUT2D eigenvalue weighted by Crippen LogP contribution is -2.56. The fourth-order valence-corrected chi connectivity index (χ4v) is 1.79. The number of rotatable bonds is 5. The van der Waals surface area contributed by atoms with E-state index < -0.39 is 41.5 Å². The zero-order chi connectivity index (χ0) is 20.0. The van der Waals surface area contributed by atoms with E-state index in [-0.39, 0.29) is 0 Å². The Labute approximate surface area is 149 Å². The summed E-state index contributed by atoms with van der Waals surface area (Å²) < 4.78 is 20.3. The Morgan fingerprint density at radius 1 is 0.920 bits per heavy atom. The van der Waals surface area contributed by atoms with Gasteiger partial charge in [-0.15, -0.1) is 6.58 Å². The second-order valence-electron chi connectivity index (χ2n) is 7.23. The van der Waals surface area contributed by atoms with Crippen molar-refractivity contribution in [3.8, 4) is 0 Å². The number of hydrogen-bond donors (Lipinski definition) is 0. The van der Waals surface area contributed by atoms with Crippen molar-refractivity contribution in [1.82, 2.24) is 4.90 Å². The molecule has 2 atom stereocenters. The Balaban J connectivity index is 6.02. The fraction of sp³-hybridized carbons (Fsp3) is 0.706. The van der Waals surface area contributed by atoms with Crippen LogP contribution >= 0.6 is 0 Å². The third kappa shape index (κ3) is 7.55. The van der Waals surface area contributed by atoms with E-state index in [1.807, 2.05) is 0 Å². The zero-order valence-electron chi connectivity index (χ0n) is 16.2. The Kier molecular flexibility index (Phi) is 8.11. The summed E-state index contributed by atoms with van der Waals surface area (Å²) in [4.78, 5) is 38.0. The van der Waals surface area contributed by atoms with Crippen LogP contribution in [0.5, 0.6) is 0 Å². The van der Waals surface area contributed by atoms with Gasteiger partial charge in [-0.2, -0.15) is 4.90 Å². The van der Waals surface area contributed by atoms with Gasteiger partial charge in [-0.3, -0.25) is 0 Å². The van der Waals surface area contributed by atoms with Crippen LogP contribution in [0.1, 0.15) is 41.5 Å². The lowest BCUT2D eigenvalue weighted by Gasteiger charge is -2.34. The van der Waals surface area contributed by atoms with Gasteiger partial charge in [-0.25, -0.2) is 14.4 Å². The maximum Gasteiger partial charge on any atom is 0.420 e. The summed E-state index contributed by atoms with van der Waals surface area (Å²) in [5.41, 5.74) is -1.79. The van der Waals surface area contributed by atoms with Crippen molar-refractivity contribution in [2.24, 2.45) is 0 Å². The molecule has 0 radical (unpaired) electrons. The summed E-state index contributed by atoms with van der Waals surface area (Å²) in [6.45, 7) is 13.3. The van der Waals surface area contributed by atoms with Crippen molar-refractivity contribution in [1.29, 1.82) is 0 Å². The largest absolute Gasteiger partial charge is 0.467 e. The van der Waals surface area contributed by atoms with E-state index in [1.54, 1.807) is 41.5 Å². The summed E-state index contributed by atoms with van der Waals surface area (Å²) in [6.07, 6.45) is -1.84. The fourth-order valence-electron chi connectivity index (χ4n) is 1.79. The predicted octanol–water partition coefficient (Wildman–Crippen LogP) is 2.90. The average molecular weight is 359 g/mol. The number of amides is 2. The van der Waals surface area contributed by atoms with Crippen molar-refractivity contribution in [3.63, 3.8) is 0 Å². The van der Waals surface area contributed by atoms with Crippen molar-refractivity contribution in [3.05, 3.63) is 12.7 Å². The van der Waals surface area contributed by atoms with Crippen LogP contribution in [0.25, 0.3) is 0 Å². The van der Waals surface area contributed by atoms with Gasteiger partial charge in [0.1, 0.15) is 17.3 Å². The number of ether oxygens (including phenoxy) is 4. The molecule has 0 N–H and O–H groups in total. The van der Waals surface area contributed by atoms with Crippen LogP contribution in [0.3, 0.4) is 0 Å². The summed E-state index contributed by atoms with van der Waals surface area (Å²) in [5.74, 6) is -0.872. The van der Waals surface area contributed by atoms with Crippen LogP contribution in [-0.2, 0) is 23.7 Å². The number of methoxy groups -OCH3 is 2. The minimum Gasteiger partial charge on any atom is -0.467 e. The van der Waals surface area contributed by atoms with Crippen molar-refractivity contribution < 1.29 is 33.3 Å². The molecule has 144 valence electrons. The summed E-state index contributed by atoms with van der Waals surface area (Å²) in [6, 6.07) is -1.45. The van der Waals surface area contributed by atoms with Gasteiger partial charge in [0.25, 0.3) is 0 Å². The molecule has 0 aliphatic carbocycles. The van der Waals surface area contributed by atoms with Gasteiger partial charge >= 0.3 is 18.2 Å². The van der Waals surface area contributed by atoms with E-state index in [1.165, 1.54) is 13.2 Å². The maximum atomic E-state index is 12.6. The summed E-state index contributed by atoms with van der Waals surface area (Å²) in [5, 5.41) is 0. The van der Waals surface area contributed by atoms with Crippen LogP contribution in [0.15, 0.2) is 12.7 Å². The molecule has 8 heteroatoms. The molecular weight excluding hydrogens is 330 g/mol. The topological polar surface area (TPSA) is 91.4 Å². The maximum absolute atomic E-state index is 12.6. The summed E-state index contributed by atoms with van der Waals surface area (Å²) >= 11 is 0. The highest BCUT2D eigenvalue weighted by molar-refractivity contribution is 5.94. The monoisotopic (exact) mass is 359 g/mol. The van der Waals surface area contributed by atoms with Crippen LogP contribution in [0.2, 0.25) is 0 Å². The molecule has 2 amide bonds. The van der Waals surface area contributed by atoms with Gasteiger partial charge in [0.15, 0.2) is 6.04 Å². The van der Waals surface area contributed by atoms with Gasteiger partial charge in [0.05, 0.1) is 7.11 Å². The van der Waals surface area contributed by atoms with Crippen LogP contribution in [0, 0.1) is 0 Å². The van der Waals surface area contributed by atoms with Gasteiger partial charge in [0.2, 0.25) is 0 Å². The Morgan fingerprint density at radius 3 is 1.56 bits per heavy atom. The molecule has 25 heavy (non-hydrogen) atoms. The van der Waals surface area contributed by atoms with Gasteiger partial charge in [0, 0.05) is 7.11 Å². The van der Waals surface area contributed by atoms with E-state index in [9.17, 15) is 14.4 Å². The van der Waals surface area contributed by atoms with Crippen molar-refractivity contribution in [2.45, 2.75) is 64.9 Å². The van der Waals surface area contributed by atoms with E-state index in [0.717, 1.165) is 7.11 Å². The highest BCUT2D eigenvalue weighted by Crippen LogP contribution is 2.20. The number of esters is 1. The number of imide groups is 1. The average Bonchev–Trinajstić information content (AvgIpc) is 2.42. The van der Waals surface area contributed by atoms with E-state index in [2.05, 4.69) is 6.58 Å². The predicted molar refractivity (Wildman–Crippen MR) is 91.1 cm³/mol. The number of carbonyl (C=O) groups excluding carboxylic acids is 3. The lowest BCUT2D eigenvalue weighted by molar-refractivity contribution is -0.150.